The molecule has 2 aromatic rings. The Kier molecular flexibility index (Phi) is 4.77. The molecule has 0 aliphatic heterocycles. The van der Waals surface area contributed by atoms with Crippen molar-refractivity contribution in [3.05, 3.63) is 77.5 Å². The van der Waals surface area contributed by atoms with Gasteiger partial charge >= 0.3 is 0 Å². The highest BCUT2D eigenvalue weighted by molar-refractivity contribution is 7.18. The highest BCUT2D eigenvalue weighted by atomic mass is 31.0. The number of hydrogen-bond acceptors (Lipinski definition) is 2. The van der Waals surface area contributed by atoms with Crippen LogP contribution >= 0.6 is 9.24 Å². The van der Waals surface area contributed by atoms with Crippen LogP contribution in [0.1, 0.15) is 28.4 Å². The number of nitrogens with one attached hydrogen (secondary N) is 1. The van der Waals surface area contributed by atoms with Crippen molar-refractivity contribution in [3.63, 3.8) is 0 Å². The standard InChI is InChI=1S/C18H19FNOP/c1-12-4-10-17(11-5-12)20-14(3)18(19,22)16-8-6-15(7-9-16)13(2)21/h4-11,20H,3,22H2,1-2H3. The molecular weight excluding hydrogens is 296 g/mol. The Morgan fingerprint density at radius 1 is 1.14 bits per heavy atom. The van der Waals surface area contributed by atoms with E-state index in [-0.39, 0.29) is 11.5 Å². The van der Waals surface area contributed by atoms with Gasteiger partial charge in [-0.05, 0) is 31.5 Å². The monoisotopic (exact) mass is 315 g/mol. The topological polar surface area (TPSA) is 29.1 Å². The maximum atomic E-state index is 15.0. The van der Waals surface area contributed by atoms with Gasteiger partial charge in [0.1, 0.15) is 0 Å². The van der Waals surface area contributed by atoms with Crippen molar-refractivity contribution in [2.75, 3.05) is 5.32 Å². The van der Waals surface area contributed by atoms with Crippen LogP contribution in [0.25, 0.3) is 0 Å². The molecule has 0 saturated carbocycles. The molecule has 0 amide bonds. The molecule has 22 heavy (non-hydrogen) atoms. The van der Waals surface area contributed by atoms with Crippen LogP contribution in [-0.2, 0) is 5.41 Å². The van der Waals surface area contributed by atoms with Crippen LogP contribution < -0.4 is 5.32 Å². The first-order valence-corrected chi connectivity index (χ1v) is 7.51. The van der Waals surface area contributed by atoms with Gasteiger partial charge in [-0.1, -0.05) is 57.8 Å². The zero-order valence-corrected chi connectivity index (χ0v) is 13.8. The van der Waals surface area contributed by atoms with Crippen molar-refractivity contribution in [2.24, 2.45) is 0 Å². The molecule has 2 atom stereocenters. The average Bonchev–Trinajstić information content (AvgIpc) is 2.49. The number of allylic oxidation sites excluding steroid dienone is 1. The second kappa shape index (κ2) is 6.41. The van der Waals surface area contributed by atoms with Crippen molar-refractivity contribution in [1.82, 2.24) is 0 Å². The number of alkyl halides is 1. The molecule has 0 heterocycles. The Morgan fingerprint density at radius 2 is 1.68 bits per heavy atom. The number of Topliss-reactive ketones (excluding diaryl/α,β-unsaturated/α-hetero) is 1. The second-order valence-corrected chi connectivity index (χ2v) is 6.11. The largest absolute Gasteiger partial charge is 0.356 e. The lowest BCUT2D eigenvalue weighted by atomic mass is 10.0. The van der Waals surface area contributed by atoms with E-state index in [4.69, 9.17) is 0 Å². The summed E-state index contributed by atoms with van der Waals surface area (Å²) in [5.41, 5.74) is 3.11. The van der Waals surface area contributed by atoms with Gasteiger partial charge in [-0.15, -0.1) is 0 Å². The summed E-state index contributed by atoms with van der Waals surface area (Å²) in [5.74, 6) is -0.0450. The number of anilines is 1. The Hall–Kier alpha value is -1.99. The van der Waals surface area contributed by atoms with Gasteiger partial charge < -0.3 is 5.32 Å². The van der Waals surface area contributed by atoms with E-state index in [9.17, 15) is 4.79 Å². The number of hydrogen-bond donors (Lipinski definition) is 1. The molecule has 4 heteroatoms. The summed E-state index contributed by atoms with van der Waals surface area (Å²) in [6.45, 7) is 7.28. The lowest BCUT2D eigenvalue weighted by molar-refractivity contribution is 0.101. The minimum Gasteiger partial charge on any atom is -0.356 e. The Morgan fingerprint density at radius 3 is 2.18 bits per heavy atom. The summed E-state index contributed by atoms with van der Waals surface area (Å²) in [7, 11) is 2.18. The van der Waals surface area contributed by atoms with E-state index >= 15 is 4.39 Å². The molecule has 0 radical (unpaired) electrons. The minimum absolute atomic E-state index is 0.0450. The van der Waals surface area contributed by atoms with Crippen LogP contribution in [0.5, 0.6) is 0 Å². The fourth-order valence-electron chi connectivity index (χ4n) is 2.02. The molecule has 0 aliphatic rings. The van der Waals surface area contributed by atoms with Crippen molar-refractivity contribution in [1.29, 1.82) is 0 Å². The first-order chi connectivity index (χ1) is 10.3. The van der Waals surface area contributed by atoms with Gasteiger partial charge in [-0.2, -0.15) is 0 Å². The first-order valence-electron chi connectivity index (χ1n) is 6.93. The fourth-order valence-corrected chi connectivity index (χ4v) is 2.29. The predicted octanol–water partition coefficient (Wildman–Crippen LogP) is 4.82. The van der Waals surface area contributed by atoms with Gasteiger partial charge in [-0.3, -0.25) is 4.79 Å². The molecule has 0 bridgehead atoms. The van der Waals surface area contributed by atoms with Crippen LogP contribution in [0.3, 0.4) is 0 Å². The lowest BCUT2D eigenvalue weighted by Gasteiger charge is -2.25. The van der Waals surface area contributed by atoms with Crippen molar-refractivity contribution < 1.29 is 9.18 Å². The Balaban J connectivity index is 2.19. The normalized spacial score (nSPS) is 13.3. The quantitative estimate of drug-likeness (QED) is 0.633. The molecule has 0 aliphatic carbocycles. The maximum Gasteiger partial charge on any atom is 0.187 e. The van der Waals surface area contributed by atoms with Crippen LogP contribution in [0, 0.1) is 6.92 Å². The summed E-state index contributed by atoms with van der Waals surface area (Å²) >= 11 is 0. The smallest absolute Gasteiger partial charge is 0.187 e. The van der Waals surface area contributed by atoms with Crippen molar-refractivity contribution >= 4 is 20.7 Å². The molecule has 0 spiro atoms. The van der Waals surface area contributed by atoms with Crippen molar-refractivity contribution in [3.8, 4) is 0 Å². The van der Waals surface area contributed by atoms with Gasteiger partial charge in [0, 0.05) is 11.3 Å². The van der Waals surface area contributed by atoms with E-state index < -0.39 is 5.41 Å². The van der Waals surface area contributed by atoms with Gasteiger partial charge in [0.25, 0.3) is 0 Å². The third kappa shape index (κ3) is 3.61. The lowest BCUT2D eigenvalue weighted by Crippen LogP contribution is -2.20. The minimum atomic E-state index is -1.82. The number of halogens is 1. The second-order valence-electron chi connectivity index (χ2n) is 5.31. The summed E-state index contributed by atoms with van der Waals surface area (Å²) < 4.78 is 15.0. The fraction of sp³-hybridized carbons (Fsp3) is 0.167. The molecule has 2 nitrogen and oxygen atoms in total. The Labute approximate surface area is 132 Å². The van der Waals surface area contributed by atoms with Crippen LogP contribution in [0.2, 0.25) is 0 Å². The zero-order chi connectivity index (χ0) is 16.3. The highest BCUT2D eigenvalue weighted by Crippen LogP contribution is 2.40. The summed E-state index contributed by atoms with van der Waals surface area (Å²) in [6, 6.07) is 14.1. The molecule has 2 rings (SSSR count). The number of carbonyl (C=O) groups excluding carboxylic acids is 1. The Bertz CT molecular complexity index is 690. The molecule has 114 valence electrons. The van der Waals surface area contributed by atoms with Crippen molar-refractivity contribution in [2.45, 2.75) is 19.3 Å². The summed E-state index contributed by atoms with van der Waals surface area (Å²) in [5, 5.41) is 1.17. The number of rotatable bonds is 5. The van der Waals surface area contributed by atoms with E-state index in [2.05, 4.69) is 21.1 Å². The zero-order valence-electron chi connectivity index (χ0n) is 12.7. The van der Waals surface area contributed by atoms with E-state index in [1.165, 1.54) is 6.92 Å². The number of ketones is 1. The van der Waals surface area contributed by atoms with Gasteiger partial charge in [0.15, 0.2) is 11.2 Å². The molecule has 0 aromatic heterocycles. The SMILES string of the molecule is C=C(Nc1ccc(C)cc1)C(F)(P)c1ccc(C(C)=O)cc1. The average molecular weight is 315 g/mol. The predicted molar refractivity (Wildman–Crippen MR) is 92.9 cm³/mol. The summed E-state index contributed by atoms with van der Waals surface area (Å²) in [6.07, 6.45) is 0. The van der Waals surface area contributed by atoms with Crippen LogP contribution in [-0.4, -0.2) is 5.78 Å². The molecule has 2 unspecified atom stereocenters. The highest BCUT2D eigenvalue weighted by Gasteiger charge is 2.30. The van der Waals surface area contributed by atoms with E-state index in [0.717, 1.165) is 11.3 Å². The molecule has 2 aromatic carbocycles. The van der Waals surface area contributed by atoms with E-state index in [0.29, 0.717) is 11.1 Å². The van der Waals surface area contributed by atoms with Crippen LogP contribution in [0.4, 0.5) is 10.1 Å². The van der Waals surface area contributed by atoms with Gasteiger partial charge in [-0.25, -0.2) is 4.39 Å². The van der Waals surface area contributed by atoms with Crippen LogP contribution in [0.15, 0.2) is 60.8 Å². The van der Waals surface area contributed by atoms with Gasteiger partial charge in [0.2, 0.25) is 0 Å². The molecular formula is C18H19FNOP. The number of aryl methyl sites for hydroxylation is 1. The molecule has 1 N–H and O–H groups in total. The van der Waals surface area contributed by atoms with Gasteiger partial charge in [0.05, 0.1) is 5.70 Å². The third-order valence-corrected chi connectivity index (χ3v) is 4.18. The first kappa shape index (κ1) is 16.4. The third-order valence-electron chi connectivity index (χ3n) is 3.50. The molecule has 0 saturated heterocycles. The maximum absolute atomic E-state index is 15.0. The molecule has 0 fully saturated rings. The van der Waals surface area contributed by atoms with E-state index in [1.807, 2.05) is 31.2 Å². The number of carbonyl (C=O) groups is 1. The number of benzene rings is 2. The van der Waals surface area contributed by atoms with E-state index in [1.54, 1.807) is 24.3 Å². The summed E-state index contributed by atoms with van der Waals surface area (Å²) in [4.78, 5) is 11.3.